The van der Waals surface area contributed by atoms with E-state index in [1.165, 1.54) is 0 Å². The highest BCUT2D eigenvalue weighted by atomic mass is 16.6. The number of carbonyl (C=O) groups is 2. The molecule has 2 saturated heterocycles. The van der Waals surface area contributed by atoms with Crippen LogP contribution in [0.2, 0.25) is 0 Å². The molecule has 0 aromatic carbocycles. The van der Waals surface area contributed by atoms with Crippen molar-refractivity contribution in [3.05, 3.63) is 0 Å². The fourth-order valence-electron chi connectivity index (χ4n) is 3.62. The quantitative estimate of drug-likeness (QED) is 0.586. The maximum absolute atomic E-state index is 12.0. The molecule has 1 N–H and O–H groups in total. The van der Waals surface area contributed by atoms with E-state index in [4.69, 9.17) is 19.3 Å². The van der Waals surface area contributed by atoms with E-state index in [1.807, 2.05) is 46.4 Å². The van der Waals surface area contributed by atoms with Gasteiger partial charge in [0, 0.05) is 19.7 Å². The summed E-state index contributed by atoms with van der Waals surface area (Å²) in [7, 11) is 0. The Hall–Kier alpha value is -1.54. The molecule has 188 valence electrons. The Morgan fingerprint density at radius 2 is 1.34 bits per heavy atom. The van der Waals surface area contributed by atoms with Gasteiger partial charge in [-0.15, -0.1) is 0 Å². The molecule has 2 aliphatic heterocycles. The number of rotatable bonds is 6. The molecule has 0 unspecified atom stereocenters. The summed E-state index contributed by atoms with van der Waals surface area (Å²) in [5.41, 5.74) is -0.882. The van der Waals surface area contributed by atoms with Crippen LogP contribution in [0.3, 0.4) is 0 Å². The Morgan fingerprint density at radius 3 is 1.78 bits per heavy atom. The molecule has 2 heterocycles. The fourth-order valence-corrected chi connectivity index (χ4v) is 3.62. The Morgan fingerprint density at radius 1 is 0.875 bits per heavy atom. The molecule has 0 aliphatic carbocycles. The lowest BCUT2D eigenvalue weighted by Crippen LogP contribution is -2.41. The number of hydrogen-bond acceptors (Lipinski definition) is 6. The van der Waals surface area contributed by atoms with E-state index in [1.54, 1.807) is 4.90 Å². The third-order valence-electron chi connectivity index (χ3n) is 5.17. The SMILES string of the molecule is CC(C)(C)OC(=O)N1CCC[C@H]1CO.CCCCOC[C@@H]1CCCN1C(=O)OC(C)(C)C. The fraction of sp³-hybridized carbons (Fsp3) is 0.917. The first kappa shape index (κ1) is 28.5. The molecular formula is C24H46N2O6. The first-order valence-electron chi connectivity index (χ1n) is 12.1. The van der Waals surface area contributed by atoms with Crippen LogP contribution in [-0.4, -0.2) is 83.3 Å². The second-order valence-corrected chi connectivity index (χ2v) is 10.6. The molecule has 8 nitrogen and oxygen atoms in total. The van der Waals surface area contributed by atoms with Gasteiger partial charge in [0.2, 0.25) is 0 Å². The lowest BCUT2D eigenvalue weighted by molar-refractivity contribution is 0.0103. The van der Waals surface area contributed by atoms with Gasteiger partial charge in [-0.1, -0.05) is 13.3 Å². The van der Waals surface area contributed by atoms with E-state index in [0.717, 1.165) is 51.7 Å². The first-order valence-corrected chi connectivity index (χ1v) is 12.1. The second kappa shape index (κ2) is 13.2. The van der Waals surface area contributed by atoms with Gasteiger partial charge in [-0.3, -0.25) is 0 Å². The zero-order valence-electron chi connectivity index (χ0n) is 21.3. The van der Waals surface area contributed by atoms with Gasteiger partial charge < -0.3 is 29.1 Å². The number of likely N-dealkylation sites (tertiary alicyclic amines) is 2. The van der Waals surface area contributed by atoms with Gasteiger partial charge in [-0.2, -0.15) is 0 Å². The van der Waals surface area contributed by atoms with E-state index in [9.17, 15) is 9.59 Å². The minimum atomic E-state index is -0.459. The van der Waals surface area contributed by atoms with Crippen molar-refractivity contribution in [3.63, 3.8) is 0 Å². The van der Waals surface area contributed by atoms with Crippen molar-refractivity contribution >= 4 is 12.2 Å². The summed E-state index contributed by atoms with van der Waals surface area (Å²) in [4.78, 5) is 27.1. The van der Waals surface area contributed by atoms with Crippen molar-refractivity contribution < 1.29 is 28.9 Å². The molecule has 2 fully saturated rings. The summed E-state index contributed by atoms with van der Waals surface area (Å²) >= 11 is 0. The second-order valence-electron chi connectivity index (χ2n) is 10.6. The number of amides is 2. The summed E-state index contributed by atoms with van der Waals surface area (Å²) in [5.74, 6) is 0. The van der Waals surface area contributed by atoms with Crippen LogP contribution in [0.1, 0.15) is 87.0 Å². The normalized spacial score (nSPS) is 21.2. The highest BCUT2D eigenvalue weighted by molar-refractivity contribution is 5.69. The van der Waals surface area contributed by atoms with E-state index >= 15 is 0 Å². The molecular weight excluding hydrogens is 412 g/mol. The maximum Gasteiger partial charge on any atom is 0.410 e. The third-order valence-corrected chi connectivity index (χ3v) is 5.17. The zero-order valence-corrected chi connectivity index (χ0v) is 21.3. The van der Waals surface area contributed by atoms with Gasteiger partial charge >= 0.3 is 12.2 Å². The van der Waals surface area contributed by atoms with Crippen LogP contribution in [0.5, 0.6) is 0 Å². The van der Waals surface area contributed by atoms with Crippen molar-refractivity contribution in [3.8, 4) is 0 Å². The Bertz CT molecular complexity index is 570. The van der Waals surface area contributed by atoms with Crippen molar-refractivity contribution in [1.29, 1.82) is 0 Å². The molecule has 0 radical (unpaired) electrons. The summed E-state index contributed by atoms with van der Waals surface area (Å²) in [5, 5.41) is 9.03. The predicted molar refractivity (Wildman–Crippen MR) is 125 cm³/mol. The van der Waals surface area contributed by atoms with Crippen molar-refractivity contribution in [2.45, 2.75) is 110 Å². The average molecular weight is 459 g/mol. The van der Waals surface area contributed by atoms with Crippen molar-refractivity contribution in [1.82, 2.24) is 9.80 Å². The largest absolute Gasteiger partial charge is 0.444 e. The number of carbonyl (C=O) groups excluding carboxylic acids is 2. The number of unbranched alkanes of at least 4 members (excludes halogenated alkanes) is 1. The summed E-state index contributed by atoms with van der Waals surface area (Å²) < 4.78 is 16.3. The molecule has 32 heavy (non-hydrogen) atoms. The lowest BCUT2D eigenvalue weighted by atomic mass is 10.2. The molecule has 2 atom stereocenters. The maximum atomic E-state index is 12.0. The molecule has 2 rings (SSSR count). The van der Waals surface area contributed by atoms with Gasteiger partial charge in [0.15, 0.2) is 0 Å². The van der Waals surface area contributed by atoms with Crippen molar-refractivity contribution in [2.75, 3.05) is 32.9 Å². The van der Waals surface area contributed by atoms with Gasteiger partial charge in [-0.25, -0.2) is 9.59 Å². The van der Waals surface area contributed by atoms with Crippen LogP contribution >= 0.6 is 0 Å². The Kier molecular flexibility index (Phi) is 11.8. The highest BCUT2D eigenvalue weighted by Gasteiger charge is 2.32. The Balaban J connectivity index is 0.000000330. The molecule has 0 aromatic heterocycles. The standard InChI is InChI=1S/C14H27NO3.C10H19NO3/c1-5-6-10-17-11-12-8-7-9-15(12)13(16)18-14(2,3)4;1-10(2,3)14-9(13)11-6-4-5-8(11)7-12/h12H,5-11H2,1-4H3;8,12H,4-7H2,1-3H3/t12-;8-/m00/s1. The van der Waals surface area contributed by atoms with Crippen LogP contribution in [0, 0.1) is 0 Å². The molecule has 8 heteroatoms. The van der Waals surface area contributed by atoms with Crippen LogP contribution in [0.15, 0.2) is 0 Å². The summed E-state index contributed by atoms with van der Waals surface area (Å²) in [6.07, 6.45) is 5.59. The topological polar surface area (TPSA) is 88.5 Å². The minimum absolute atomic E-state index is 0.0270. The number of nitrogens with zero attached hydrogens (tertiary/aromatic N) is 2. The van der Waals surface area contributed by atoms with Gasteiger partial charge in [0.25, 0.3) is 0 Å². The van der Waals surface area contributed by atoms with Gasteiger partial charge in [-0.05, 0) is 73.6 Å². The van der Waals surface area contributed by atoms with Gasteiger partial charge in [0.1, 0.15) is 11.2 Å². The number of aliphatic hydroxyl groups excluding tert-OH is 1. The first-order chi connectivity index (χ1) is 14.9. The van der Waals surface area contributed by atoms with Crippen LogP contribution < -0.4 is 0 Å². The monoisotopic (exact) mass is 458 g/mol. The van der Waals surface area contributed by atoms with Crippen LogP contribution in [0.25, 0.3) is 0 Å². The van der Waals surface area contributed by atoms with E-state index in [0.29, 0.717) is 13.2 Å². The van der Waals surface area contributed by atoms with E-state index in [-0.39, 0.29) is 30.9 Å². The molecule has 0 saturated carbocycles. The third kappa shape index (κ3) is 10.9. The predicted octanol–water partition coefficient (Wildman–Crippen LogP) is 4.58. The number of aliphatic hydroxyl groups is 1. The summed E-state index contributed by atoms with van der Waals surface area (Å²) in [6.45, 7) is 16.3. The highest BCUT2D eigenvalue weighted by Crippen LogP contribution is 2.21. The smallest absolute Gasteiger partial charge is 0.410 e. The average Bonchev–Trinajstić information content (AvgIpc) is 3.32. The van der Waals surface area contributed by atoms with E-state index in [2.05, 4.69) is 6.92 Å². The molecule has 0 aromatic rings. The molecule has 2 aliphatic rings. The molecule has 0 bridgehead atoms. The molecule has 0 spiro atoms. The van der Waals surface area contributed by atoms with Crippen LogP contribution in [0.4, 0.5) is 9.59 Å². The lowest BCUT2D eigenvalue weighted by Gasteiger charge is -2.28. The zero-order chi connectivity index (χ0) is 24.4. The summed E-state index contributed by atoms with van der Waals surface area (Å²) in [6, 6.07) is 0.140. The van der Waals surface area contributed by atoms with E-state index < -0.39 is 11.2 Å². The minimum Gasteiger partial charge on any atom is -0.444 e. The number of ether oxygens (including phenoxy) is 3. The van der Waals surface area contributed by atoms with Crippen LogP contribution in [-0.2, 0) is 14.2 Å². The Labute approximate surface area is 194 Å². The number of hydrogen-bond donors (Lipinski definition) is 1. The molecule has 2 amide bonds. The van der Waals surface area contributed by atoms with Crippen molar-refractivity contribution in [2.24, 2.45) is 0 Å². The van der Waals surface area contributed by atoms with Gasteiger partial charge in [0.05, 0.1) is 25.3 Å².